The van der Waals surface area contributed by atoms with Crippen LogP contribution in [0.4, 0.5) is 33.4 Å². The molecule has 3 heterocycles. The summed E-state index contributed by atoms with van der Waals surface area (Å²) in [5.74, 6) is 0. The second-order valence-electron chi connectivity index (χ2n) is 29.9. The zero-order valence-electron chi connectivity index (χ0n) is 48.4. The Bertz CT molecular complexity index is 3490. The van der Waals surface area contributed by atoms with Crippen molar-refractivity contribution < 1.29 is 0 Å². The first-order valence-electron chi connectivity index (χ1n) is 28.3. The summed E-state index contributed by atoms with van der Waals surface area (Å²) in [6.45, 7) is 44.4. The Morgan fingerprint density at radius 2 is 0.905 bits per heavy atom. The molecule has 74 heavy (non-hydrogen) atoms. The van der Waals surface area contributed by atoms with Crippen LogP contribution >= 0.6 is 11.3 Å². The van der Waals surface area contributed by atoms with Gasteiger partial charge in [-0.1, -0.05) is 183 Å². The summed E-state index contributed by atoms with van der Waals surface area (Å²) in [7, 11) is -1.54. The van der Waals surface area contributed by atoms with Gasteiger partial charge >= 0.3 is 0 Å². The summed E-state index contributed by atoms with van der Waals surface area (Å²) in [5.41, 5.74) is 24.3. The normalized spacial score (nSPS) is 20.3. The lowest BCUT2D eigenvalue weighted by atomic mass is 9.33. The Hall–Kier alpha value is -4.84. The first-order valence-corrected chi connectivity index (χ1v) is 32.6. The van der Waals surface area contributed by atoms with Gasteiger partial charge in [-0.15, -0.1) is 11.3 Å². The predicted molar refractivity (Wildman–Crippen MR) is 329 cm³/mol. The molecule has 5 aliphatic rings. The molecule has 0 N–H and O–H groups in total. The zero-order valence-corrected chi connectivity index (χ0v) is 50.3. The van der Waals surface area contributed by atoms with Crippen molar-refractivity contribution in [2.45, 2.75) is 200 Å². The fraction of sp³-hybridized carbons (Fsp3) is 0.449. The van der Waals surface area contributed by atoms with Crippen molar-refractivity contribution in [2.24, 2.45) is 0 Å². The summed E-state index contributed by atoms with van der Waals surface area (Å²) in [5, 5.41) is 4.25. The molecule has 0 atom stereocenters. The SMILES string of the molecule is CC(C)(C)c1ccc2c3c(sc2c1)N(c1ccc2c(c1)C(C)(C)CCC2(C)C)c1cc(-c2ccc([Si](C)(C)C)cc2)cc2c1B3c1cc3c(cc1N2c1ccc2c(c1)C(C)(C)CCC2(C)C)C(C)(C)CCC3(C)C. The van der Waals surface area contributed by atoms with Crippen molar-refractivity contribution in [3.8, 4) is 11.1 Å². The predicted octanol–water partition coefficient (Wildman–Crippen LogP) is 17.5. The van der Waals surface area contributed by atoms with Gasteiger partial charge in [0.05, 0.1) is 13.1 Å². The number of hydrogen-bond acceptors (Lipinski definition) is 3. The van der Waals surface area contributed by atoms with E-state index in [9.17, 15) is 0 Å². The van der Waals surface area contributed by atoms with Gasteiger partial charge in [-0.2, -0.15) is 0 Å². The smallest absolute Gasteiger partial charge is 0.254 e. The quantitative estimate of drug-likeness (QED) is 0.162. The summed E-state index contributed by atoms with van der Waals surface area (Å²) in [4.78, 5) is 5.51. The molecule has 2 aliphatic heterocycles. The highest BCUT2D eigenvalue weighted by Crippen LogP contribution is 2.55. The first kappa shape index (κ1) is 50.0. The average Bonchev–Trinajstić information content (AvgIpc) is 3.71. The van der Waals surface area contributed by atoms with Gasteiger partial charge in [0.25, 0.3) is 6.71 Å². The third-order valence-electron chi connectivity index (χ3n) is 19.8. The minimum Gasteiger partial charge on any atom is -0.311 e. The van der Waals surface area contributed by atoms with Gasteiger partial charge in [0, 0.05) is 33.1 Å². The Kier molecular flexibility index (Phi) is 10.7. The van der Waals surface area contributed by atoms with E-state index in [2.05, 4.69) is 236 Å². The molecule has 0 radical (unpaired) electrons. The van der Waals surface area contributed by atoms with Crippen molar-refractivity contribution in [3.63, 3.8) is 0 Å². The number of anilines is 6. The van der Waals surface area contributed by atoms with E-state index in [0.717, 1.165) is 0 Å². The second-order valence-corrected chi connectivity index (χ2v) is 36.0. The highest BCUT2D eigenvalue weighted by atomic mass is 32.1. The molecule has 2 nitrogen and oxygen atoms in total. The van der Waals surface area contributed by atoms with Crippen molar-refractivity contribution >= 4 is 91.2 Å². The van der Waals surface area contributed by atoms with E-state index in [-0.39, 0.29) is 44.6 Å². The van der Waals surface area contributed by atoms with Crippen LogP contribution in [0, 0.1) is 0 Å². The van der Waals surface area contributed by atoms with Gasteiger partial charge in [-0.05, 0) is 197 Å². The standard InChI is InChI=1S/C69H83BN2SSi/c1-63(2,3)44-21-26-48-59(37-44)73-62-60(48)70-55-40-53-54(69(14,15)34-33-68(53,12)13)41-56(55)71(45-22-27-49-51(38-45)66(8,9)31-29-64(49,4)5)57-35-43(42-19-24-47(25-20-42)74(16,17)18)36-58(61(57)70)72(62)46-23-28-50-52(39-46)67(10,11)32-30-65(50,6)7/h19-28,35-41H,29-34H2,1-18H3. The zero-order chi connectivity index (χ0) is 52.8. The number of nitrogens with zero attached hydrogens (tertiary/aromatic N) is 2. The maximum absolute atomic E-state index is 2.76. The number of benzene rings is 6. The summed E-state index contributed by atoms with van der Waals surface area (Å²) >= 11 is 2.02. The molecule has 1 aromatic heterocycles. The van der Waals surface area contributed by atoms with Crippen LogP contribution < -0.4 is 31.4 Å². The number of rotatable bonds is 4. The van der Waals surface area contributed by atoms with Crippen LogP contribution in [0.1, 0.15) is 181 Å². The van der Waals surface area contributed by atoms with E-state index in [0.29, 0.717) is 0 Å². The van der Waals surface area contributed by atoms with Crippen molar-refractivity contribution in [3.05, 3.63) is 142 Å². The lowest BCUT2D eigenvalue weighted by Crippen LogP contribution is -2.61. The van der Waals surface area contributed by atoms with Gasteiger partial charge < -0.3 is 9.80 Å². The maximum Gasteiger partial charge on any atom is 0.254 e. The van der Waals surface area contributed by atoms with Gasteiger partial charge in [0.1, 0.15) is 0 Å². The largest absolute Gasteiger partial charge is 0.311 e. The van der Waals surface area contributed by atoms with Gasteiger partial charge in [0.15, 0.2) is 0 Å². The Balaban J connectivity index is 1.24. The van der Waals surface area contributed by atoms with Gasteiger partial charge in [-0.3, -0.25) is 0 Å². The number of fused-ring (bicyclic) bond motifs is 9. The van der Waals surface area contributed by atoms with Gasteiger partial charge in [-0.25, -0.2) is 0 Å². The van der Waals surface area contributed by atoms with Crippen molar-refractivity contribution in [2.75, 3.05) is 9.80 Å². The third-order valence-corrected chi connectivity index (χ3v) is 23.0. The Morgan fingerprint density at radius 1 is 0.446 bits per heavy atom. The van der Waals surface area contributed by atoms with E-state index < -0.39 is 8.07 Å². The molecular formula is C69H83BN2SSi. The molecular weight excluding hydrogens is 928 g/mol. The fourth-order valence-corrected chi connectivity index (χ4v) is 16.8. The monoisotopic (exact) mass is 1010 g/mol. The molecule has 7 aromatic rings. The molecule has 0 spiro atoms. The lowest BCUT2D eigenvalue weighted by Gasteiger charge is -2.48. The molecule has 5 heteroatoms. The molecule has 6 aromatic carbocycles. The van der Waals surface area contributed by atoms with Gasteiger partial charge in [0.2, 0.25) is 0 Å². The minimum absolute atomic E-state index is 0.0271. The molecule has 12 rings (SSSR count). The molecule has 0 unspecified atom stereocenters. The van der Waals surface area contributed by atoms with E-state index in [1.807, 2.05) is 11.3 Å². The molecule has 0 fully saturated rings. The highest BCUT2D eigenvalue weighted by Gasteiger charge is 2.49. The fourth-order valence-electron chi connectivity index (χ4n) is 14.3. The second kappa shape index (κ2) is 15.9. The van der Waals surface area contributed by atoms with E-state index in [1.54, 1.807) is 0 Å². The van der Waals surface area contributed by atoms with Crippen LogP contribution in [0.5, 0.6) is 0 Å². The first-order chi connectivity index (χ1) is 34.4. The number of thiophene rings is 1. The van der Waals surface area contributed by atoms with Crippen LogP contribution in [0.15, 0.2) is 103 Å². The number of hydrogen-bond donors (Lipinski definition) is 0. The Labute approximate surface area is 451 Å². The molecule has 3 aliphatic carbocycles. The van der Waals surface area contributed by atoms with Crippen LogP contribution in [0.2, 0.25) is 19.6 Å². The van der Waals surface area contributed by atoms with E-state index in [1.165, 1.54) is 154 Å². The molecule has 0 saturated heterocycles. The third kappa shape index (κ3) is 7.56. The van der Waals surface area contributed by atoms with Crippen LogP contribution in [-0.2, 0) is 37.9 Å². The van der Waals surface area contributed by atoms with Crippen molar-refractivity contribution in [1.82, 2.24) is 0 Å². The maximum atomic E-state index is 2.76. The molecule has 0 saturated carbocycles. The van der Waals surface area contributed by atoms with Crippen LogP contribution in [0.25, 0.3) is 21.2 Å². The summed E-state index contributed by atoms with van der Waals surface area (Å²) in [6.07, 6.45) is 7.11. The molecule has 0 amide bonds. The van der Waals surface area contributed by atoms with E-state index >= 15 is 0 Å². The molecule has 0 bridgehead atoms. The average molecular weight is 1010 g/mol. The minimum atomic E-state index is -1.54. The molecule has 382 valence electrons. The highest BCUT2D eigenvalue weighted by molar-refractivity contribution is 7.26. The topological polar surface area (TPSA) is 6.48 Å². The van der Waals surface area contributed by atoms with Crippen LogP contribution in [-0.4, -0.2) is 14.8 Å². The Morgan fingerprint density at radius 3 is 1.41 bits per heavy atom. The summed E-state index contributed by atoms with van der Waals surface area (Å²) in [6, 6.07) is 43.1. The summed E-state index contributed by atoms with van der Waals surface area (Å²) < 4.78 is 1.38. The van der Waals surface area contributed by atoms with Crippen LogP contribution in [0.3, 0.4) is 0 Å². The van der Waals surface area contributed by atoms with Crippen molar-refractivity contribution in [1.29, 1.82) is 0 Å². The lowest BCUT2D eigenvalue weighted by molar-refractivity contribution is 0.332. The van der Waals surface area contributed by atoms with E-state index in [4.69, 9.17) is 0 Å².